The molecular weight excluding hydrogens is 278 g/mol. The zero-order chi connectivity index (χ0) is 15.0. The minimum absolute atomic E-state index is 0.0588. The second kappa shape index (κ2) is 5.32. The monoisotopic (exact) mass is 293 g/mol. The van der Waals surface area contributed by atoms with E-state index in [1.807, 2.05) is 0 Å². The van der Waals surface area contributed by atoms with Gasteiger partial charge < -0.3 is 25.1 Å². The van der Waals surface area contributed by atoms with E-state index in [0.717, 1.165) is 0 Å². The van der Waals surface area contributed by atoms with Crippen LogP contribution in [0.3, 0.4) is 0 Å². The first-order valence-electron chi connectivity index (χ1n) is 6.47. The average molecular weight is 293 g/mol. The number of anilines is 1. The summed E-state index contributed by atoms with van der Waals surface area (Å²) < 4.78 is 12.0. The van der Waals surface area contributed by atoms with Crippen LogP contribution in [0.15, 0.2) is 33.8 Å². The lowest BCUT2D eigenvalue weighted by Gasteiger charge is -2.15. The Balaban J connectivity index is 2.00. The largest absolute Gasteiger partial charge is 0.464 e. The van der Waals surface area contributed by atoms with E-state index in [1.165, 1.54) is 17.0 Å². The van der Waals surface area contributed by atoms with E-state index in [9.17, 15) is 9.90 Å². The van der Waals surface area contributed by atoms with Gasteiger partial charge in [-0.3, -0.25) is 4.57 Å². The van der Waals surface area contributed by atoms with Crippen LogP contribution in [0.1, 0.15) is 12.6 Å². The fraction of sp³-hybridized carbons (Fsp3) is 0.385. The standard InChI is InChI=1S/C13H15N3O5/c14-12-7(9-2-1-3-20-9)5-16(13(19)15-12)11-4-8(18)10(6-17)21-11/h1-3,5,8,10-11,17-18H,4,6H2,(H2,14,15,19)/t8-,10+,11+/m0/s1. The van der Waals surface area contributed by atoms with Crippen molar-refractivity contribution in [3.8, 4) is 11.3 Å². The molecule has 0 amide bonds. The van der Waals surface area contributed by atoms with Crippen LogP contribution < -0.4 is 11.4 Å². The van der Waals surface area contributed by atoms with Gasteiger partial charge in [0.2, 0.25) is 0 Å². The molecule has 0 aromatic carbocycles. The summed E-state index contributed by atoms with van der Waals surface area (Å²) in [7, 11) is 0. The minimum Gasteiger partial charge on any atom is -0.464 e. The first-order chi connectivity index (χ1) is 10.1. The van der Waals surface area contributed by atoms with Gasteiger partial charge >= 0.3 is 5.69 Å². The number of aromatic nitrogens is 2. The maximum absolute atomic E-state index is 12.0. The van der Waals surface area contributed by atoms with Gasteiger partial charge in [-0.15, -0.1) is 0 Å². The number of hydrogen-bond donors (Lipinski definition) is 3. The second-order valence-electron chi connectivity index (χ2n) is 4.82. The van der Waals surface area contributed by atoms with Crippen molar-refractivity contribution in [2.24, 2.45) is 0 Å². The number of ether oxygens (including phenoxy) is 1. The van der Waals surface area contributed by atoms with E-state index in [-0.39, 0.29) is 18.8 Å². The van der Waals surface area contributed by atoms with Crippen molar-refractivity contribution in [2.75, 3.05) is 12.3 Å². The Hall–Kier alpha value is -2.16. The summed E-state index contributed by atoms with van der Waals surface area (Å²) in [5, 5.41) is 18.9. The van der Waals surface area contributed by atoms with Crippen LogP contribution in [0.2, 0.25) is 0 Å². The quantitative estimate of drug-likeness (QED) is 0.711. The number of nitrogens with two attached hydrogens (primary N) is 1. The Morgan fingerprint density at radius 3 is 2.95 bits per heavy atom. The summed E-state index contributed by atoms with van der Waals surface area (Å²) in [5.74, 6) is 0.537. The molecule has 3 rings (SSSR count). The molecule has 0 aliphatic carbocycles. The SMILES string of the molecule is Nc1nc(=O)n([C@H]2C[C@H](O)[C@@H](CO)O2)cc1-c1ccco1. The number of nitrogens with zero attached hydrogens (tertiary/aromatic N) is 2. The zero-order valence-electron chi connectivity index (χ0n) is 11.0. The van der Waals surface area contributed by atoms with Gasteiger partial charge in [0, 0.05) is 12.6 Å². The maximum atomic E-state index is 12.0. The predicted molar refractivity (Wildman–Crippen MR) is 72.2 cm³/mol. The molecule has 0 unspecified atom stereocenters. The highest BCUT2D eigenvalue weighted by molar-refractivity contribution is 5.68. The third-order valence-electron chi connectivity index (χ3n) is 3.46. The fourth-order valence-corrected chi connectivity index (χ4v) is 2.36. The molecule has 3 atom stereocenters. The molecule has 1 aliphatic rings. The number of aliphatic hydroxyl groups excluding tert-OH is 2. The molecule has 3 heterocycles. The molecule has 4 N–H and O–H groups in total. The Labute approximate surface area is 119 Å². The third kappa shape index (κ3) is 2.44. The molecule has 0 radical (unpaired) electrons. The second-order valence-corrected chi connectivity index (χ2v) is 4.82. The van der Waals surface area contributed by atoms with Crippen LogP contribution in [0.5, 0.6) is 0 Å². The molecule has 1 fully saturated rings. The number of aliphatic hydroxyl groups is 2. The van der Waals surface area contributed by atoms with Crippen LogP contribution in [0.4, 0.5) is 5.82 Å². The highest BCUT2D eigenvalue weighted by Crippen LogP contribution is 2.30. The van der Waals surface area contributed by atoms with Gasteiger partial charge in [-0.1, -0.05) is 0 Å². The molecule has 8 nitrogen and oxygen atoms in total. The molecule has 8 heteroatoms. The van der Waals surface area contributed by atoms with Gasteiger partial charge in [0.1, 0.15) is 23.9 Å². The Morgan fingerprint density at radius 1 is 1.52 bits per heavy atom. The normalized spacial score (nSPS) is 25.3. The van der Waals surface area contributed by atoms with Crippen molar-refractivity contribution in [3.63, 3.8) is 0 Å². The van der Waals surface area contributed by atoms with Crippen molar-refractivity contribution >= 4 is 5.82 Å². The fourth-order valence-electron chi connectivity index (χ4n) is 2.36. The van der Waals surface area contributed by atoms with Crippen LogP contribution in [0.25, 0.3) is 11.3 Å². The van der Waals surface area contributed by atoms with Crippen molar-refractivity contribution in [1.29, 1.82) is 0 Å². The molecule has 1 saturated heterocycles. The summed E-state index contributed by atoms with van der Waals surface area (Å²) in [6, 6.07) is 3.39. The van der Waals surface area contributed by atoms with E-state index in [0.29, 0.717) is 11.3 Å². The van der Waals surface area contributed by atoms with Gasteiger partial charge in [-0.25, -0.2) is 4.79 Å². The van der Waals surface area contributed by atoms with E-state index in [1.54, 1.807) is 12.1 Å². The summed E-state index contributed by atoms with van der Waals surface area (Å²) in [6.45, 7) is -0.320. The Bertz CT molecular complexity index is 682. The number of hydrogen-bond acceptors (Lipinski definition) is 7. The first kappa shape index (κ1) is 13.8. The molecule has 0 bridgehead atoms. The predicted octanol–water partition coefficient (Wildman–Crippen LogP) is -0.274. The molecule has 2 aromatic heterocycles. The van der Waals surface area contributed by atoms with Crippen molar-refractivity contribution in [3.05, 3.63) is 35.1 Å². The lowest BCUT2D eigenvalue weighted by molar-refractivity contribution is -0.0458. The lowest BCUT2D eigenvalue weighted by Crippen LogP contribution is -2.28. The first-order valence-corrected chi connectivity index (χ1v) is 6.47. The van der Waals surface area contributed by atoms with Crippen LogP contribution in [-0.4, -0.2) is 38.6 Å². The molecular formula is C13H15N3O5. The van der Waals surface area contributed by atoms with Crippen molar-refractivity contribution < 1.29 is 19.4 Å². The van der Waals surface area contributed by atoms with Crippen LogP contribution in [-0.2, 0) is 4.74 Å². The van der Waals surface area contributed by atoms with Crippen molar-refractivity contribution in [2.45, 2.75) is 24.9 Å². The van der Waals surface area contributed by atoms with Crippen LogP contribution in [0, 0.1) is 0 Å². The number of furan rings is 1. The van der Waals surface area contributed by atoms with E-state index in [4.69, 9.17) is 20.0 Å². The Morgan fingerprint density at radius 2 is 2.33 bits per heavy atom. The lowest BCUT2D eigenvalue weighted by atomic mass is 10.2. The molecule has 0 spiro atoms. The summed E-state index contributed by atoms with van der Waals surface area (Å²) in [5.41, 5.74) is 5.62. The van der Waals surface area contributed by atoms with E-state index in [2.05, 4.69) is 4.98 Å². The van der Waals surface area contributed by atoms with E-state index >= 15 is 0 Å². The van der Waals surface area contributed by atoms with Crippen LogP contribution >= 0.6 is 0 Å². The molecule has 2 aromatic rings. The van der Waals surface area contributed by atoms with Gasteiger partial charge in [-0.05, 0) is 12.1 Å². The zero-order valence-corrected chi connectivity index (χ0v) is 11.0. The number of rotatable bonds is 3. The molecule has 1 aliphatic heterocycles. The average Bonchev–Trinajstić information content (AvgIpc) is 3.08. The smallest absolute Gasteiger partial charge is 0.351 e. The maximum Gasteiger partial charge on any atom is 0.351 e. The molecule has 112 valence electrons. The number of nitrogen functional groups attached to an aromatic ring is 1. The summed E-state index contributed by atoms with van der Waals surface area (Å²) in [6.07, 6.45) is 0.908. The van der Waals surface area contributed by atoms with Gasteiger partial charge in [-0.2, -0.15) is 4.98 Å². The topological polar surface area (TPSA) is 124 Å². The van der Waals surface area contributed by atoms with Gasteiger partial charge in [0.25, 0.3) is 0 Å². The summed E-state index contributed by atoms with van der Waals surface area (Å²) in [4.78, 5) is 15.7. The summed E-state index contributed by atoms with van der Waals surface area (Å²) >= 11 is 0. The van der Waals surface area contributed by atoms with Crippen molar-refractivity contribution in [1.82, 2.24) is 9.55 Å². The minimum atomic E-state index is -0.837. The Kier molecular flexibility index (Phi) is 3.50. The van der Waals surface area contributed by atoms with Gasteiger partial charge in [0.15, 0.2) is 0 Å². The molecule has 21 heavy (non-hydrogen) atoms. The van der Waals surface area contributed by atoms with E-state index < -0.39 is 24.1 Å². The highest BCUT2D eigenvalue weighted by atomic mass is 16.5. The highest BCUT2D eigenvalue weighted by Gasteiger charge is 2.35. The van der Waals surface area contributed by atoms with Gasteiger partial charge in [0.05, 0.1) is 24.5 Å². The molecule has 0 saturated carbocycles. The third-order valence-corrected chi connectivity index (χ3v) is 3.46.